The average Bonchev–Trinajstić information content (AvgIpc) is 2.73. The van der Waals surface area contributed by atoms with E-state index < -0.39 is 0 Å². The number of hydrogen-bond acceptors (Lipinski definition) is 4. The Morgan fingerprint density at radius 3 is 2.63 bits per heavy atom. The van der Waals surface area contributed by atoms with Crippen molar-refractivity contribution >= 4 is 11.3 Å². The fourth-order valence-electron chi connectivity index (χ4n) is 2.72. The Kier molecular flexibility index (Phi) is 5.79. The van der Waals surface area contributed by atoms with Crippen LogP contribution < -0.4 is 5.32 Å². The molecule has 0 amide bonds. The first kappa shape index (κ1) is 14.9. The first-order valence-corrected chi connectivity index (χ1v) is 8.39. The van der Waals surface area contributed by atoms with Crippen LogP contribution in [0.4, 0.5) is 0 Å². The average molecular weight is 281 g/mol. The minimum atomic E-state index is 0.694. The molecule has 0 atom stereocenters. The Hall–Kier alpha value is -0.450. The molecule has 0 aliphatic carbocycles. The zero-order valence-electron chi connectivity index (χ0n) is 12.5. The first-order valence-electron chi connectivity index (χ1n) is 7.57. The van der Waals surface area contributed by atoms with E-state index in [1.807, 2.05) is 11.3 Å². The van der Waals surface area contributed by atoms with Gasteiger partial charge in [0.15, 0.2) is 0 Å². The number of piperidine rings is 1. The molecule has 0 radical (unpaired) electrons. The third-order valence-electron chi connectivity index (χ3n) is 3.97. The minimum absolute atomic E-state index is 0.694. The van der Waals surface area contributed by atoms with E-state index in [0.29, 0.717) is 6.04 Å². The number of likely N-dealkylation sites (tertiary alicyclic amines) is 1. The fourth-order valence-corrected chi connectivity index (χ4v) is 3.60. The molecule has 19 heavy (non-hydrogen) atoms. The maximum atomic E-state index is 4.49. The summed E-state index contributed by atoms with van der Waals surface area (Å²) in [5.74, 6) is 0. The summed E-state index contributed by atoms with van der Waals surface area (Å²) in [6.45, 7) is 11.3. The van der Waals surface area contributed by atoms with E-state index in [2.05, 4.69) is 36.0 Å². The van der Waals surface area contributed by atoms with E-state index in [9.17, 15) is 0 Å². The number of hydrogen-bond donors (Lipinski definition) is 1. The van der Waals surface area contributed by atoms with Crippen LogP contribution in [-0.4, -0.2) is 35.6 Å². The van der Waals surface area contributed by atoms with Crippen LogP contribution >= 0.6 is 11.3 Å². The monoisotopic (exact) mass is 281 g/mol. The van der Waals surface area contributed by atoms with Gasteiger partial charge in [0, 0.05) is 17.5 Å². The van der Waals surface area contributed by atoms with Crippen LogP contribution in [0.25, 0.3) is 0 Å². The highest BCUT2D eigenvalue weighted by atomic mass is 32.1. The first-order chi connectivity index (χ1) is 9.19. The predicted octanol–water partition coefficient (Wildman–Crippen LogP) is 3.11. The molecule has 0 spiro atoms. The highest BCUT2D eigenvalue weighted by Crippen LogP contribution is 2.18. The molecule has 0 unspecified atom stereocenters. The van der Waals surface area contributed by atoms with Crippen LogP contribution in [0, 0.1) is 13.8 Å². The Morgan fingerprint density at radius 1 is 1.32 bits per heavy atom. The molecule has 0 bridgehead atoms. The van der Waals surface area contributed by atoms with Crippen molar-refractivity contribution in [2.75, 3.05) is 19.6 Å². The number of aryl methyl sites for hydroxylation is 2. The van der Waals surface area contributed by atoms with Crippen molar-refractivity contribution in [3.63, 3.8) is 0 Å². The van der Waals surface area contributed by atoms with Crippen LogP contribution in [0.1, 0.15) is 48.2 Å². The third-order valence-corrected chi connectivity index (χ3v) is 5.04. The van der Waals surface area contributed by atoms with Crippen molar-refractivity contribution in [1.82, 2.24) is 15.2 Å². The molecule has 3 nitrogen and oxygen atoms in total. The summed E-state index contributed by atoms with van der Waals surface area (Å²) in [7, 11) is 0. The molecule has 1 saturated heterocycles. The molecule has 1 aromatic heterocycles. The molecule has 108 valence electrons. The van der Waals surface area contributed by atoms with Crippen molar-refractivity contribution < 1.29 is 0 Å². The predicted molar refractivity (Wildman–Crippen MR) is 82.8 cm³/mol. The minimum Gasteiger partial charge on any atom is -0.309 e. The topological polar surface area (TPSA) is 28.2 Å². The van der Waals surface area contributed by atoms with Crippen molar-refractivity contribution in [2.45, 2.75) is 59.0 Å². The zero-order valence-corrected chi connectivity index (χ0v) is 13.4. The molecular formula is C15H27N3S. The SMILES string of the molecule is CCCCN1CCC(NCc2sc(C)nc2C)CC1. The second-order valence-corrected chi connectivity index (χ2v) is 6.88. The van der Waals surface area contributed by atoms with Gasteiger partial charge in [0.1, 0.15) is 0 Å². The Labute approximate surface area is 121 Å². The molecule has 2 heterocycles. The quantitative estimate of drug-likeness (QED) is 0.868. The number of thiazole rings is 1. The third kappa shape index (κ3) is 4.55. The highest BCUT2D eigenvalue weighted by Gasteiger charge is 2.18. The molecule has 0 aromatic carbocycles. The van der Waals surface area contributed by atoms with Gasteiger partial charge < -0.3 is 10.2 Å². The number of rotatable bonds is 6. The maximum Gasteiger partial charge on any atom is 0.0900 e. The normalized spacial score (nSPS) is 18.1. The van der Waals surface area contributed by atoms with Crippen LogP contribution in [0.3, 0.4) is 0 Å². The lowest BCUT2D eigenvalue weighted by molar-refractivity contribution is 0.195. The molecule has 2 rings (SSSR count). The van der Waals surface area contributed by atoms with E-state index >= 15 is 0 Å². The van der Waals surface area contributed by atoms with E-state index in [0.717, 1.165) is 6.54 Å². The van der Waals surface area contributed by atoms with Gasteiger partial charge in [-0.05, 0) is 52.7 Å². The van der Waals surface area contributed by atoms with Gasteiger partial charge in [-0.3, -0.25) is 0 Å². The van der Waals surface area contributed by atoms with Crippen LogP contribution in [0.5, 0.6) is 0 Å². The maximum absolute atomic E-state index is 4.49. The van der Waals surface area contributed by atoms with Gasteiger partial charge in [-0.15, -0.1) is 11.3 Å². The summed E-state index contributed by atoms with van der Waals surface area (Å²) in [4.78, 5) is 8.51. The molecule has 4 heteroatoms. The van der Waals surface area contributed by atoms with Crippen LogP contribution in [-0.2, 0) is 6.54 Å². The van der Waals surface area contributed by atoms with Crippen molar-refractivity contribution in [3.05, 3.63) is 15.6 Å². The molecular weight excluding hydrogens is 254 g/mol. The van der Waals surface area contributed by atoms with Gasteiger partial charge in [-0.1, -0.05) is 13.3 Å². The van der Waals surface area contributed by atoms with E-state index in [4.69, 9.17) is 0 Å². The van der Waals surface area contributed by atoms with Crippen molar-refractivity contribution in [1.29, 1.82) is 0 Å². The van der Waals surface area contributed by atoms with Crippen LogP contribution in [0.2, 0.25) is 0 Å². The standard InChI is InChI=1S/C15H27N3S/c1-4-5-8-18-9-6-14(7-10-18)16-11-15-12(2)17-13(3)19-15/h14,16H,4-11H2,1-3H3. The van der Waals surface area contributed by atoms with E-state index in [1.165, 1.54) is 60.9 Å². The Bertz CT molecular complexity index is 381. The van der Waals surface area contributed by atoms with E-state index in [-0.39, 0.29) is 0 Å². The number of nitrogens with one attached hydrogen (secondary N) is 1. The lowest BCUT2D eigenvalue weighted by Crippen LogP contribution is -2.42. The van der Waals surface area contributed by atoms with Gasteiger partial charge in [0.2, 0.25) is 0 Å². The summed E-state index contributed by atoms with van der Waals surface area (Å²) in [6.07, 6.45) is 5.24. The van der Waals surface area contributed by atoms with Crippen LogP contribution in [0.15, 0.2) is 0 Å². The summed E-state index contributed by atoms with van der Waals surface area (Å²) >= 11 is 1.83. The molecule has 1 N–H and O–H groups in total. The van der Waals surface area contributed by atoms with Crippen molar-refractivity contribution in [2.24, 2.45) is 0 Å². The molecule has 1 fully saturated rings. The lowest BCUT2D eigenvalue weighted by Gasteiger charge is -2.32. The highest BCUT2D eigenvalue weighted by molar-refractivity contribution is 7.11. The molecule has 0 saturated carbocycles. The van der Waals surface area contributed by atoms with Gasteiger partial charge in [-0.2, -0.15) is 0 Å². The molecule has 1 aliphatic rings. The second-order valence-electron chi connectivity index (χ2n) is 5.59. The summed E-state index contributed by atoms with van der Waals surface area (Å²) < 4.78 is 0. The fraction of sp³-hybridized carbons (Fsp3) is 0.800. The number of aromatic nitrogens is 1. The summed E-state index contributed by atoms with van der Waals surface area (Å²) in [6, 6.07) is 0.694. The largest absolute Gasteiger partial charge is 0.309 e. The van der Waals surface area contributed by atoms with E-state index in [1.54, 1.807) is 0 Å². The van der Waals surface area contributed by atoms with Gasteiger partial charge >= 0.3 is 0 Å². The molecule has 1 aliphatic heterocycles. The Morgan fingerprint density at radius 2 is 2.05 bits per heavy atom. The lowest BCUT2D eigenvalue weighted by atomic mass is 10.0. The Balaban J connectivity index is 1.70. The second kappa shape index (κ2) is 7.36. The zero-order chi connectivity index (χ0) is 13.7. The van der Waals surface area contributed by atoms with Crippen molar-refractivity contribution in [3.8, 4) is 0 Å². The van der Waals surface area contributed by atoms with Gasteiger partial charge in [-0.25, -0.2) is 4.98 Å². The smallest absolute Gasteiger partial charge is 0.0900 e. The molecule has 1 aromatic rings. The van der Waals surface area contributed by atoms with Gasteiger partial charge in [0.25, 0.3) is 0 Å². The summed E-state index contributed by atoms with van der Waals surface area (Å²) in [5, 5.41) is 4.90. The van der Waals surface area contributed by atoms with Gasteiger partial charge in [0.05, 0.1) is 10.7 Å². The number of unbranched alkanes of at least 4 members (excludes halogenated alkanes) is 1. The summed E-state index contributed by atoms with van der Waals surface area (Å²) in [5.41, 5.74) is 1.20. The number of nitrogens with zero attached hydrogens (tertiary/aromatic N) is 2.